The van der Waals surface area contributed by atoms with Crippen LogP contribution in [-0.2, 0) is 4.79 Å². The third kappa shape index (κ3) is 1.79. The van der Waals surface area contributed by atoms with Gasteiger partial charge < -0.3 is 17.2 Å². The van der Waals surface area contributed by atoms with Crippen molar-refractivity contribution in [2.75, 3.05) is 0 Å². The minimum absolute atomic E-state index is 0.153. The number of dihydropyridines is 1. The summed E-state index contributed by atoms with van der Waals surface area (Å²) in [5.74, 6) is -0.848. The maximum absolute atomic E-state index is 11.6. The molecule has 94 valence electrons. The maximum Gasteiger partial charge on any atom is 0.230 e. The molecule has 0 aromatic carbocycles. The summed E-state index contributed by atoms with van der Waals surface area (Å²) in [6, 6.07) is 0. The van der Waals surface area contributed by atoms with Crippen molar-refractivity contribution >= 4 is 23.3 Å². The molecule has 18 heavy (non-hydrogen) atoms. The van der Waals surface area contributed by atoms with Gasteiger partial charge in [0.25, 0.3) is 0 Å². The van der Waals surface area contributed by atoms with Crippen molar-refractivity contribution in [3.63, 3.8) is 0 Å². The molecule has 2 rings (SSSR count). The highest BCUT2D eigenvalue weighted by Crippen LogP contribution is 2.29. The third-order valence-corrected chi connectivity index (χ3v) is 2.78. The Morgan fingerprint density at radius 3 is 2.28 bits per heavy atom. The fourth-order valence-corrected chi connectivity index (χ4v) is 2.08. The number of nitrogens with zero attached hydrogens (tertiary/aromatic N) is 3. The number of nitrogens with two attached hydrogens (primary N) is 3. The van der Waals surface area contributed by atoms with Crippen molar-refractivity contribution in [1.82, 2.24) is 0 Å². The molecule has 0 bridgehead atoms. The quantitative estimate of drug-likeness (QED) is 0.570. The van der Waals surface area contributed by atoms with E-state index in [0.717, 1.165) is 11.3 Å². The van der Waals surface area contributed by atoms with Gasteiger partial charge in [0.15, 0.2) is 11.7 Å². The average molecular weight is 246 g/mol. The highest BCUT2D eigenvalue weighted by Gasteiger charge is 2.32. The largest absolute Gasteiger partial charge is 0.382 e. The van der Waals surface area contributed by atoms with E-state index in [1.54, 1.807) is 6.08 Å². The summed E-state index contributed by atoms with van der Waals surface area (Å²) < 4.78 is 0. The van der Waals surface area contributed by atoms with E-state index in [0.29, 0.717) is 11.3 Å². The Bertz CT molecular complexity index is 558. The van der Waals surface area contributed by atoms with Gasteiger partial charge in [0.05, 0.1) is 11.3 Å². The summed E-state index contributed by atoms with van der Waals surface area (Å²) in [5, 5.41) is 7.35. The molecule has 1 amide bonds. The number of amidine groups is 2. The number of carbonyl (C=O) groups excluding carboxylic acids is 1. The van der Waals surface area contributed by atoms with Gasteiger partial charge in [-0.1, -0.05) is 5.57 Å². The molecule has 2 aliphatic rings. The Hall–Kier alpha value is -2.44. The van der Waals surface area contributed by atoms with Crippen LogP contribution in [0.5, 0.6) is 0 Å². The molecule has 2 aliphatic heterocycles. The van der Waals surface area contributed by atoms with E-state index in [2.05, 4.69) is 15.2 Å². The van der Waals surface area contributed by atoms with E-state index in [1.807, 2.05) is 13.8 Å². The van der Waals surface area contributed by atoms with Gasteiger partial charge in [-0.15, -0.1) is 10.2 Å². The van der Waals surface area contributed by atoms with Crippen LogP contribution >= 0.6 is 0 Å². The normalized spacial score (nSPS) is 23.3. The van der Waals surface area contributed by atoms with E-state index in [4.69, 9.17) is 17.2 Å². The van der Waals surface area contributed by atoms with Crippen LogP contribution in [0.3, 0.4) is 0 Å². The Kier molecular flexibility index (Phi) is 2.74. The Balaban J connectivity index is 2.65. The van der Waals surface area contributed by atoms with Crippen molar-refractivity contribution in [2.24, 2.45) is 38.3 Å². The van der Waals surface area contributed by atoms with Crippen LogP contribution in [0.4, 0.5) is 0 Å². The van der Waals surface area contributed by atoms with Gasteiger partial charge in [0, 0.05) is 5.71 Å². The Morgan fingerprint density at radius 1 is 1.22 bits per heavy atom. The van der Waals surface area contributed by atoms with Gasteiger partial charge in [0.1, 0.15) is 5.92 Å². The van der Waals surface area contributed by atoms with Crippen LogP contribution in [0.25, 0.3) is 0 Å². The first-order valence-corrected chi connectivity index (χ1v) is 5.36. The zero-order valence-corrected chi connectivity index (χ0v) is 10.1. The van der Waals surface area contributed by atoms with Crippen molar-refractivity contribution < 1.29 is 4.79 Å². The molecule has 1 atom stereocenters. The summed E-state index contributed by atoms with van der Waals surface area (Å²) in [6.07, 6.45) is 1.80. The number of primary amides is 1. The molecule has 0 aliphatic carbocycles. The molecule has 0 fully saturated rings. The number of amides is 1. The molecular weight excluding hydrogens is 232 g/mol. The van der Waals surface area contributed by atoms with Gasteiger partial charge in [-0.05, 0) is 19.9 Å². The predicted octanol–water partition coefficient (Wildman–Crippen LogP) is -0.594. The first kappa shape index (κ1) is 12.0. The molecule has 0 spiro atoms. The van der Waals surface area contributed by atoms with E-state index in [1.165, 1.54) is 0 Å². The van der Waals surface area contributed by atoms with Crippen LogP contribution in [0.2, 0.25) is 0 Å². The molecule has 2 heterocycles. The standard InChI is InChI=1S/C11H14N6O/c1-4-3-5(2)15-8(6(4)11(14)18)7-9(12)16-17-10(7)13/h3,6H,1-2H3,(H2,12,16)(H2,13,17)(H2,14,18). The van der Waals surface area contributed by atoms with Gasteiger partial charge in [-0.25, -0.2) is 0 Å². The SMILES string of the molecule is CC1=CC(C)=NC(=C2C(N)=NN=C2N)C1C(N)=O. The number of hydrogen-bond acceptors (Lipinski definition) is 6. The molecule has 0 aromatic rings. The lowest BCUT2D eigenvalue weighted by Gasteiger charge is -2.21. The minimum atomic E-state index is -0.649. The Morgan fingerprint density at radius 2 is 1.78 bits per heavy atom. The van der Waals surface area contributed by atoms with Crippen LogP contribution < -0.4 is 17.2 Å². The molecule has 6 N–H and O–H groups in total. The maximum atomic E-state index is 11.6. The van der Waals surface area contributed by atoms with E-state index in [-0.39, 0.29) is 11.7 Å². The summed E-state index contributed by atoms with van der Waals surface area (Å²) in [7, 11) is 0. The molecule has 7 nitrogen and oxygen atoms in total. The molecule has 1 unspecified atom stereocenters. The fourth-order valence-electron chi connectivity index (χ4n) is 2.08. The first-order valence-electron chi connectivity index (χ1n) is 5.36. The molecular formula is C11H14N6O. The smallest absolute Gasteiger partial charge is 0.230 e. The van der Waals surface area contributed by atoms with Crippen LogP contribution in [0.15, 0.2) is 38.1 Å². The van der Waals surface area contributed by atoms with Gasteiger partial charge >= 0.3 is 0 Å². The highest BCUT2D eigenvalue weighted by molar-refractivity contribution is 6.25. The molecule has 0 radical (unpaired) electrons. The van der Waals surface area contributed by atoms with Crippen LogP contribution in [0.1, 0.15) is 13.8 Å². The molecule has 0 aromatic heterocycles. The second kappa shape index (κ2) is 4.10. The zero-order valence-electron chi connectivity index (χ0n) is 10.1. The van der Waals surface area contributed by atoms with E-state index < -0.39 is 11.8 Å². The predicted molar refractivity (Wildman–Crippen MR) is 69.8 cm³/mol. The molecule has 7 heteroatoms. The monoisotopic (exact) mass is 246 g/mol. The molecule has 0 saturated heterocycles. The van der Waals surface area contributed by atoms with Crippen molar-refractivity contribution in [1.29, 1.82) is 0 Å². The lowest BCUT2D eigenvalue weighted by Crippen LogP contribution is -2.33. The summed E-state index contributed by atoms with van der Waals surface area (Å²) in [6.45, 7) is 3.63. The Labute approximate surface area is 104 Å². The average Bonchev–Trinajstić information content (AvgIpc) is 2.56. The second-order valence-electron chi connectivity index (χ2n) is 4.21. The van der Waals surface area contributed by atoms with Crippen molar-refractivity contribution in [3.8, 4) is 0 Å². The number of aliphatic imine (C=N–C) groups is 1. The summed E-state index contributed by atoms with van der Waals surface area (Å²) >= 11 is 0. The first-order chi connectivity index (χ1) is 8.41. The minimum Gasteiger partial charge on any atom is -0.382 e. The van der Waals surface area contributed by atoms with Crippen molar-refractivity contribution in [2.45, 2.75) is 13.8 Å². The van der Waals surface area contributed by atoms with E-state index in [9.17, 15) is 4.79 Å². The summed E-state index contributed by atoms with van der Waals surface area (Å²) in [4.78, 5) is 15.9. The second-order valence-corrected chi connectivity index (χ2v) is 4.21. The number of rotatable bonds is 1. The zero-order chi connectivity index (χ0) is 13.4. The van der Waals surface area contributed by atoms with Gasteiger partial charge in [-0.2, -0.15) is 0 Å². The van der Waals surface area contributed by atoms with Crippen LogP contribution in [-0.4, -0.2) is 23.3 Å². The number of carbonyl (C=O) groups is 1. The third-order valence-electron chi connectivity index (χ3n) is 2.78. The fraction of sp³-hybridized carbons (Fsp3) is 0.273. The van der Waals surface area contributed by atoms with E-state index >= 15 is 0 Å². The topological polar surface area (TPSA) is 132 Å². The lowest BCUT2D eigenvalue weighted by molar-refractivity contribution is -0.119. The van der Waals surface area contributed by atoms with Crippen LogP contribution in [0, 0.1) is 5.92 Å². The van der Waals surface area contributed by atoms with Crippen molar-refractivity contribution in [3.05, 3.63) is 22.9 Å². The van der Waals surface area contributed by atoms with Gasteiger partial charge in [-0.3, -0.25) is 9.79 Å². The summed E-state index contributed by atoms with van der Waals surface area (Å²) in [5.41, 5.74) is 19.2. The van der Waals surface area contributed by atoms with Gasteiger partial charge in [0.2, 0.25) is 5.91 Å². The highest BCUT2D eigenvalue weighted by atomic mass is 16.1. The number of hydrogen-bond donors (Lipinski definition) is 3. The lowest BCUT2D eigenvalue weighted by atomic mass is 9.89. The molecule has 0 saturated carbocycles. The number of allylic oxidation sites excluding steroid dienone is 1.